The monoisotopic (exact) mass is 383 g/mol. The molecule has 2 aliphatic rings. The summed E-state index contributed by atoms with van der Waals surface area (Å²) in [4.78, 5) is 24.6. The Morgan fingerprint density at radius 1 is 1.26 bits per heavy atom. The van der Waals surface area contributed by atoms with Crippen LogP contribution in [-0.4, -0.2) is 49.6 Å². The molecule has 8 nitrogen and oxygen atoms in total. The predicted molar refractivity (Wildman–Crippen MR) is 104 cm³/mol. The Kier molecular flexibility index (Phi) is 4.16. The molecule has 0 saturated carbocycles. The number of nitrogens with one attached hydrogen (secondary N) is 2. The fourth-order valence-electron chi connectivity index (χ4n) is 3.74. The lowest BCUT2D eigenvalue weighted by atomic mass is 10.0. The van der Waals surface area contributed by atoms with Gasteiger partial charge in [-0.1, -0.05) is 0 Å². The summed E-state index contributed by atoms with van der Waals surface area (Å²) in [5, 5.41) is 11.6. The molecule has 5 rings (SSSR count). The van der Waals surface area contributed by atoms with Crippen molar-refractivity contribution in [3.63, 3.8) is 0 Å². The summed E-state index contributed by atoms with van der Waals surface area (Å²) in [6.07, 6.45) is 8.99. The van der Waals surface area contributed by atoms with E-state index in [2.05, 4.69) is 25.7 Å². The number of fused-ring (bicyclic) bond motifs is 2. The maximum absolute atomic E-state index is 12.6. The third kappa shape index (κ3) is 3.34. The van der Waals surface area contributed by atoms with Crippen molar-refractivity contribution in [3.05, 3.63) is 35.1 Å². The second-order valence-corrected chi connectivity index (χ2v) is 8.13. The highest BCUT2D eigenvalue weighted by Gasteiger charge is 2.27. The molecule has 0 radical (unpaired) electrons. The zero-order valence-electron chi connectivity index (χ0n) is 14.9. The largest absolute Gasteiger partial charge is 0.364 e. The minimum Gasteiger partial charge on any atom is -0.364 e. The number of likely N-dealkylation sites (tertiary alicyclic amines) is 1. The molecule has 4 heterocycles. The molecule has 140 valence electrons. The Hall–Kier alpha value is -2.68. The molecular weight excluding hydrogens is 362 g/mol. The summed E-state index contributed by atoms with van der Waals surface area (Å²) in [5.41, 5.74) is 1.99. The molecular formula is C18H21N7OS. The lowest BCUT2D eigenvalue weighted by Crippen LogP contribution is -2.35. The Labute approximate surface area is 160 Å². The number of aromatic nitrogens is 4. The van der Waals surface area contributed by atoms with Crippen molar-refractivity contribution in [2.45, 2.75) is 38.1 Å². The van der Waals surface area contributed by atoms with Gasteiger partial charge in [-0.05, 0) is 44.2 Å². The molecule has 1 saturated heterocycles. The third-order valence-electron chi connectivity index (χ3n) is 5.14. The number of carbonyl (C=O) groups excluding carboxylic acids is 1. The SMILES string of the molecule is O=C(Nc1nc2c(s1)CCCC2)N1CCC(Nc2ccc3nccn3n2)C1. The van der Waals surface area contributed by atoms with Crippen LogP contribution in [0.25, 0.3) is 5.65 Å². The van der Waals surface area contributed by atoms with E-state index in [1.54, 1.807) is 22.0 Å². The van der Waals surface area contributed by atoms with E-state index < -0.39 is 0 Å². The van der Waals surface area contributed by atoms with Crippen LogP contribution in [0.15, 0.2) is 24.5 Å². The van der Waals surface area contributed by atoms with E-state index in [0.29, 0.717) is 6.54 Å². The first-order valence-corrected chi connectivity index (χ1v) is 10.2. The molecule has 3 aromatic rings. The van der Waals surface area contributed by atoms with Gasteiger partial charge in [0.1, 0.15) is 5.82 Å². The van der Waals surface area contributed by atoms with Crippen LogP contribution in [0.4, 0.5) is 15.7 Å². The van der Waals surface area contributed by atoms with Crippen molar-refractivity contribution in [2.24, 2.45) is 0 Å². The molecule has 1 fully saturated rings. The number of rotatable bonds is 3. The number of amides is 2. The summed E-state index contributed by atoms with van der Waals surface area (Å²) >= 11 is 1.62. The summed E-state index contributed by atoms with van der Waals surface area (Å²) in [7, 11) is 0. The smallest absolute Gasteiger partial charge is 0.323 e. The Balaban J connectivity index is 1.19. The Bertz CT molecular complexity index is 958. The zero-order chi connectivity index (χ0) is 18.2. The van der Waals surface area contributed by atoms with E-state index in [1.807, 2.05) is 23.2 Å². The minimum atomic E-state index is -0.0663. The molecule has 2 N–H and O–H groups in total. The molecule has 0 aromatic carbocycles. The molecule has 3 aromatic heterocycles. The minimum absolute atomic E-state index is 0.0663. The van der Waals surface area contributed by atoms with Crippen molar-refractivity contribution >= 4 is 34.0 Å². The van der Waals surface area contributed by atoms with Crippen LogP contribution in [0.5, 0.6) is 0 Å². The second-order valence-electron chi connectivity index (χ2n) is 7.05. The molecule has 1 aliphatic heterocycles. The van der Waals surface area contributed by atoms with E-state index in [9.17, 15) is 4.79 Å². The van der Waals surface area contributed by atoms with Crippen LogP contribution < -0.4 is 10.6 Å². The number of hydrogen-bond acceptors (Lipinski definition) is 6. The second kappa shape index (κ2) is 6.80. The molecule has 2 amide bonds. The number of imidazole rings is 1. The number of urea groups is 1. The van der Waals surface area contributed by atoms with Gasteiger partial charge in [-0.25, -0.2) is 19.3 Å². The van der Waals surface area contributed by atoms with Crippen LogP contribution in [0.1, 0.15) is 29.8 Å². The Morgan fingerprint density at radius 3 is 3.11 bits per heavy atom. The van der Waals surface area contributed by atoms with E-state index in [0.717, 1.165) is 42.4 Å². The standard InChI is InChI=1S/C18H21N7OS/c26-18(22-17-21-13-3-1-2-4-14(13)27-17)24-9-7-12(11-24)20-15-5-6-16-19-8-10-25(16)23-15/h5-6,8,10,12H,1-4,7,9,11H2,(H,20,23)(H,21,22,26). The van der Waals surface area contributed by atoms with Gasteiger partial charge in [-0.2, -0.15) is 0 Å². The van der Waals surface area contributed by atoms with Gasteiger partial charge in [0.05, 0.1) is 5.69 Å². The van der Waals surface area contributed by atoms with Gasteiger partial charge >= 0.3 is 6.03 Å². The molecule has 1 atom stereocenters. The lowest BCUT2D eigenvalue weighted by molar-refractivity contribution is 0.222. The molecule has 1 aliphatic carbocycles. The fourth-order valence-corrected chi connectivity index (χ4v) is 4.78. The highest BCUT2D eigenvalue weighted by molar-refractivity contribution is 7.15. The van der Waals surface area contributed by atoms with Gasteiger partial charge in [0.2, 0.25) is 0 Å². The van der Waals surface area contributed by atoms with Gasteiger partial charge in [-0.15, -0.1) is 16.4 Å². The summed E-state index contributed by atoms with van der Waals surface area (Å²) < 4.78 is 1.74. The fraction of sp³-hybridized carbons (Fsp3) is 0.444. The number of nitrogens with zero attached hydrogens (tertiary/aromatic N) is 5. The van der Waals surface area contributed by atoms with E-state index in [-0.39, 0.29) is 12.1 Å². The number of hydrogen-bond donors (Lipinski definition) is 2. The van der Waals surface area contributed by atoms with Crippen molar-refractivity contribution in [3.8, 4) is 0 Å². The summed E-state index contributed by atoms with van der Waals surface area (Å²) in [6, 6.07) is 3.97. The molecule has 27 heavy (non-hydrogen) atoms. The number of anilines is 2. The van der Waals surface area contributed by atoms with Crippen LogP contribution in [0, 0.1) is 0 Å². The van der Waals surface area contributed by atoms with Gasteiger partial charge in [0, 0.05) is 36.4 Å². The van der Waals surface area contributed by atoms with Gasteiger partial charge in [-0.3, -0.25) is 5.32 Å². The van der Waals surface area contributed by atoms with E-state index in [4.69, 9.17) is 0 Å². The topological polar surface area (TPSA) is 87.5 Å². The van der Waals surface area contributed by atoms with Gasteiger partial charge < -0.3 is 10.2 Å². The van der Waals surface area contributed by atoms with Crippen LogP contribution >= 0.6 is 11.3 Å². The van der Waals surface area contributed by atoms with Crippen molar-refractivity contribution < 1.29 is 4.79 Å². The average molecular weight is 383 g/mol. The first-order valence-electron chi connectivity index (χ1n) is 9.36. The van der Waals surface area contributed by atoms with E-state index in [1.165, 1.54) is 23.4 Å². The van der Waals surface area contributed by atoms with Crippen LogP contribution in [0.2, 0.25) is 0 Å². The summed E-state index contributed by atoms with van der Waals surface area (Å²) in [6.45, 7) is 1.38. The normalized spacial score (nSPS) is 19.3. The number of aryl methyl sites for hydroxylation is 2. The Morgan fingerprint density at radius 2 is 2.19 bits per heavy atom. The van der Waals surface area contributed by atoms with Gasteiger partial charge in [0.15, 0.2) is 10.8 Å². The van der Waals surface area contributed by atoms with Crippen molar-refractivity contribution in [1.29, 1.82) is 0 Å². The number of thiazole rings is 1. The highest BCUT2D eigenvalue weighted by Crippen LogP contribution is 2.29. The van der Waals surface area contributed by atoms with Crippen molar-refractivity contribution in [1.82, 2.24) is 24.5 Å². The maximum Gasteiger partial charge on any atom is 0.323 e. The first kappa shape index (κ1) is 16.5. The molecule has 0 spiro atoms. The zero-order valence-corrected chi connectivity index (χ0v) is 15.7. The number of carbonyl (C=O) groups is 1. The maximum atomic E-state index is 12.6. The molecule has 1 unspecified atom stereocenters. The first-order chi connectivity index (χ1) is 13.2. The van der Waals surface area contributed by atoms with Crippen molar-refractivity contribution in [2.75, 3.05) is 23.7 Å². The van der Waals surface area contributed by atoms with Gasteiger partial charge in [0.25, 0.3) is 0 Å². The average Bonchev–Trinajstić information content (AvgIpc) is 3.40. The molecule has 0 bridgehead atoms. The van der Waals surface area contributed by atoms with E-state index >= 15 is 0 Å². The van der Waals surface area contributed by atoms with Crippen LogP contribution in [0.3, 0.4) is 0 Å². The highest BCUT2D eigenvalue weighted by atomic mass is 32.1. The predicted octanol–water partition coefficient (Wildman–Crippen LogP) is 2.78. The summed E-state index contributed by atoms with van der Waals surface area (Å²) in [5.74, 6) is 0.792. The third-order valence-corrected chi connectivity index (χ3v) is 6.21. The van der Waals surface area contributed by atoms with Crippen LogP contribution in [-0.2, 0) is 12.8 Å². The quantitative estimate of drug-likeness (QED) is 0.726. The molecule has 9 heteroatoms. The lowest BCUT2D eigenvalue weighted by Gasteiger charge is -2.17.